The molecule has 2 aromatic heterocycles. The molecule has 0 aliphatic rings. The number of hydrogen-bond acceptors (Lipinski definition) is 4. The predicted octanol–water partition coefficient (Wildman–Crippen LogP) is -0.0853. The summed E-state index contributed by atoms with van der Waals surface area (Å²) in [5, 5.41) is 5.06. The van der Waals surface area contributed by atoms with Crippen LogP contribution in [-0.4, -0.2) is 23.0 Å². The van der Waals surface area contributed by atoms with Gasteiger partial charge < -0.3 is 0 Å². The van der Waals surface area contributed by atoms with E-state index in [1.165, 1.54) is 35.4 Å². The third kappa shape index (κ3) is 1.88. The summed E-state index contributed by atoms with van der Waals surface area (Å²) >= 11 is 0. The fourth-order valence-corrected chi connectivity index (χ4v) is 1.86. The number of primary sulfonamides is 1. The van der Waals surface area contributed by atoms with Crippen molar-refractivity contribution in [1.82, 2.24) is 14.5 Å². The minimum atomic E-state index is -3.77. The molecule has 2 rings (SSSR count). The van der Waals surface area contributed by atoms with E-state index in [0.29, 0.717) is 0 Å². The summed E-state index contributed by atoms with van der Waals surface area (Å²) in [6.07, 6.45) is 6.07. The lowest BCUT2D eigenvalue weighted by Gasteiger charge is -2.05. The molecule has 2 N–H and O–H groups in total. The Kier molecular flexibility index (Phi) is 2.25. The van der Waals surface area contributed by atoms with E-state index in [4.69, 9.17) is 5.14 Å². The van der Waals surface area contributed by atoms with Gasteiger partial charge in [-0.2, -0.15) is 0 Å². The Morgan fingerprint density at radius 3 is 2.73 bits per heavy atom. The molecule has 0 amide bonds. The molecule has 78 valence electrons. The van der Waals surface area contributed by atoms with Gasteiger partial charge in [0.1, 0.15) is 11.2 Å². The third-order valence-corrected chi connectivity index (χ3v) is 2.74. The first-order valence-corrected chi connectivity index (χ1v) is 5.60. The second kappa shape index (κ2) is 3.44. The highest BCUT2D eigenvalue weighted by Gasteiger charge is 2.15. The Balaban J connectivity index is 2.68. The maximum Gasteiger partial charge on any atom is 0.241 e. The molecule has 0 bridgehead atoms. The summed E-state index contributed by atoms with van der Waals surface area (Å²) in [5.41, 5.74) is 0. The molecular formula is C8H8N4O2S. The van der Waals surface area contributed by atoms with Crippen LogP contribution >= 0.6 is 0 Å². The number of imidazole rings is 1. The average molecular weight is 224 g/mol. The Labute approximate surface area is 86.4 Å². The number of pyridine rings is 1. The van der Waals surface area contributed by atoms with Crippen LogP contribution in [0.5, 0.6) is 0 Å². The molecule has 0 atom stereocenters. The highest BCUT2D eigenvalue weighted by molar-refractivity contribution is 7.89. The van der Waals surface area contributed by atoms with Crippen LogP contribution in [0.2, 0.25) is 0 Å². The van der Waals surface area contributed by atoms with Crippen LogP contribution in [0.25, 0.3) is 5.82 Å². The zero-order valence-corrected chi connectivity index (χ0v) is 8.42. The SMILES string of the molecule is NS(=O)(=O)c1cccnc1-n1ccnc1. The van der Waals surface area contributed by atoms with Crippen molar-refractivity contribution in [2.24, 2.45) is 5.14 Å². The van der Waals surface area contributed by atoms with Gasteiger partial charge in [0.25, 0.3) is 0 Å². The number of sulfonamides is 1. The maximum atomic E-state index is 11.3. The van der Waals surface area contributed by atoms with Crippen LogP contribution < -0.4 is 5.14 Å². The summed E-state index contributed by atoms with van der Waals surface area (Å²) in [4.78, 5) is 7.74. The van der Waals surface area contributed by atoms with Crippen molar-refractivity contribution in [3.63, 3.8) is 0 Å². The molecule has 2 aromatic rings. The lowest BCUT2D eigenvalue weighted by atomic mass is 10.4. The van der Waals surface area contributed by atoms with Gasteiger partial charge >= 0.3 is 0 Å². The Bertz CT molecular complexity index is 562. The summed E-state index contributed by atoms with van der Waals surface area (Å²) in [6.45, 7) is 0. The predicted molar refractivity (Wildman–Crippen MR) is 52.7 cm³/mol. The number of aromatic nitrogens is 3. The largest absolute Gasteiger partial charge is 0.289 e. The van der Waals surface area contributed by atoms with E-state index in [1.54, 1.807) is 6.20 Å². The van der Waals surface area contributed by atoms with Crippen molar-refractivity contribution >= 4 is 10.0 Å². The number of hydrogen-bond donors (Lipinski definition) is 1. The quantitative estimate of drug-likeness (QED) is 0.772. The molecule has 0 aliphatic carbocycles. The van der Waals surface area contributed by atoms with Gasteiger partial charge in [0.05, 0.1) is 0 Å². The first kappa shape index (κ1) is 9.81. The molecule has 0 unspecified atom stereocenters. The third-order valence-electron chi connectivity index (χ3n) is 1.81. The monoisotopic (exact) mass is 224 g/mol. The molecule has 6 nitrogen and oxygen atoms in total. The highest BCUT2D eigenvalue weighted by atomic mass is 32.2. The molecule has 0 radical (unpaired) electrons. The Hall–Kier alpha value is -1.73. The number of nitrogens with zero attached hydrogens (tertiary/aromatic N) is 3. The van der Waals surface area contributed by atoms with Gasteiger partial charge in [-0.25, -0.2) is 23.5 Å². The zero-order chi connectivity index (χ0) is 10.9. The van der Waals surface area contributed by atoms with Crippen molar-refractivity contribution in [1.29, 1.82) is 0 Å². The molecule has 0 spiro atoms. The first-order valence-electron chi connectivity index (χ1n) is 4.05. The van der Waals surface area contributed by atoms with Gasteiger partial charge in [0.2, 0.25) is 10.0 Å². The van der Waals surface area contributed by atoms with Crippen molar-refractivity contribution < 1.29 is 8.42 Å². The average Bonchev–Trinajstić information content (AvgIpc) is 2.69. The van der Waals surface area contributed by atoms with Crippen molar-refractivity contribution in [3.8, 4) is 5.82 Å². The van der Waals surface area contributed by atoms with E-state index >= 15 is 0 Å². The van der Waals surface area contributed by atoms with Gasteiger partial charge in [0.15, 0.2) is 5.82 Å². The van der Waals surface area contributed by atoms with E-state index in [0.717, 1.165) is 0 Å². The zero-order valence-electron chi connectivity index (χ0n) is 7.61. The molecule has 15 heavy (non-hydrogen) atoms. The van der Waals surface area contributed by atoms with Crippen molar-refractivity contribution in [3.05, 3.63) is 37.1 Å². The highest BCUT2D eigenvalue weighted by Crippen LogP contribution is 2.14. The minimum Gasteiger partial charge on any atom is -0.289 e. The number of rotatable bonds is 2. The lowest BCUT2D eigenvalue weighted by Crippen LogP contribution is -2.15. The van der Waals surface area contributed by atoms with Crippen LogP contribution in [0.4, 0.5) is 0 Å². The molecule has 0 aliphatic heterocycles. The molecular weight excluding hydrogens is 216 g/mol. The molecule has 2 heterocycles. The second-order valence-electron chi connectivity index (χ2n) is 2.84. The second-order valence-corrected chi connectivity index (χ2v) is 4.37. The van der Waals surface area contributed by atoms with E-state index in [9.17, 15) is 8.42 Å². The van der Waals surface area contributed by atoms with Crippen LogP contribution in [0.1, 0.15) is 0 Å². The van der Waals surface area contributed by atoms with E-state index in [1.807, 2.05) is 0 Å². The molecule has 7 heteroatoms. The molecule has 0 saturated carbocycles. The molecule has 0 saturated heterocycles. The molecule has 0 aromatic carbocycles. The smallest absolute Gasteiger partial charge is 0.241 e. The fourth-order valence-electron chi connectivity index (χ4n) is 1.18. The fraction of sp³-hybridized carbons (Fsp3) is 0. The van der Waals surface area contributed by atoms with Crippen LogP contribution in [0.3, 0.4) is 0 Å². The van der Waals surface area contributed by atoms with Crippen molar-refractivity contribution in [2.45, 2.75) is 4.90 Å². The summed E-state index contributed by atoms with van der Waals surface area (Å²) in [6, 6.07) is 2.91. The minimum absolute atomic E-state index is 0.0250. The van der Waals surface area contributed by atoms with Gasteiger partial charge in [-0.3, -0.25) is 4.57 Å². The maximum absolute atomic E-state index is 11.3. The van der Waals surface area contributed by atoms with Crippen LogP contribution in [0, 0.1) is 0 Å². The Morgan fingerprint density at radius 1 is 1.33 bits per heavy atom. The van der Waals surface area contributed by atoms with Gasteiger partial charge in [-0.15, -0.1) is 0 Å². The summed E-state index contributed by atoms with van der Waals surface area (Å²) < 4.78 is 24.0. The lowest BCUT2D eigenvalue weighted by molar-refractivity contribution is 0.596. The van der Waals surface area contributed by atoms with Crippen molar-refractivity contribution in [2.75, 3.05) is 0 Å². The van der Waals surface area contributed by atoms with E-state index in [-0.39, 0.29) is 10.7 Å². The first-order chi connectivity index (χ1) is 7.09. The standard InChI is InChI=1S/C8H8N4O2S/c9-15(13,14)7-2-1-3-11-8(7)12-5-4-10-6-12/h1-6H,(H2,9,13,14). The Morgan fingerprint density at radius 2 is 2.13 bits per heavy atom. The topological polar surface area (TPSA) is 90.9 Å². The summed E-state index contributed by atoms with van der Waals surface area (Å²) in [7, 11) is -3.77. The molecule has 0 fully saturated rings. The van der Waals surface area contributed by atoms with Gasteiger partial charge in [-0.1, -0.05) is 0 Å². The van der Waals surface area contributed by atoms with Gasteiger partial charge in [-0.05, 0) is 12.1 Å². The summed E-state index contributed by atoms with van der Waals surface area (Å²) in [5.74, 6) is 0.248. The van der Waals surface area contributed by atoms with E-state index < -0.39 is 10.0 Å². The normalized spacial score (nSPS) is 11.5. The van der Waals surface area contributed by atoms with Gasteiger partial charge in [0, 0.05) is 18.6 Å². The van der Waals surface area contributed by atoms with Crippen LogP contribution in [-0.2, 0) is 10.0 Å². The van der Waals surface area contributed by atoms with E-state index in [2.05, 4.69) is 9.97 Å². The van der Waals surface area contributed by atoms with Crippen LogP contribution in [0.15, 0.2) is 41.9 Å². The number of nitrogens with two attached hydrogens (primary N) is 1.